The predicted octanol–water partition coefficient (Wildman–Crippen LogP) is 0.304. The Morgan fingerprint density at radius 2 is 2.06 bits per heavy atom. The highest BCUT2D eigenvalue weighted by Crippen LogP contribution is 2.19. The van der Waals surface area contributed by atoms with E-state index in [4.69, 9.17) is 11.5 Å². The lowest BCUT2D eigenvalue weighted by Crippen LogP contribution is -2.37. The van der Waals surface area contributed by atoms with Crippen LogP contribution in [0.3, 0.4) is 0 Å². The molecule has 1 atom stereocenters. The fourth-order valence-electron chi connectivity index (χ4n) is 1.52. The minimum Gasteiger partial charge on any atom is -0.399 e. The number of benzene rings is 1. The average Bonchev–Trinajstić information content (AvgIpc) is 2.28. The maximum atomic E-state index is 11.6. The van der Waals surface area contributed by atoms with E-state index in [-0.39, 0.29) is 5.91 Å². The number of hydrogen-bond acceptors (Lipinski definition) is 4. The standard InChI is InChI=1S/C12H18N4O2/c1-3-15-12(18)7(2)16-10-6-8(13)4-5-9(10)11(14)17/h4-7,16H,3,13H2,1-2H3,(H2,14,17)(H,15,18). The van der Waals surface area contributed by atoms with E-state index in [0.717, 1.165) is 0 Å². The Hall–Kier alpha value is -2.24. The van der Waals surface area contributed by atoms with Crippen molar-refractivity contribution in [1.82, 2.24) is 5.32 Å². The second-order valence-electron chi connectivity index (χ2n) is 3.93. The molecular weight excluding hydrogens is 232 g/mol. The van der Waals surface area contributed by atoms with Crippen LogP contribution in [0.15, 0.2) is 18.2 Å². The molecule has 0 aliphatic carbocycles. The van der Waals surface area contributed by atoms with Crippen molar-refractivity contribution in [3.8, 4) is 0 Å². The Balaban J connectivity index is 2.92. The van der Waals surface area contributed by atoms with Crippen molar-refractivity contribution in [3.05, 3.63) is 23.8 Å². The van der Waals surface area contributed by atoms with Crippen LogP contribution < -0.4 is 22.1 Å². The summed E-state index contributed by atoms with van der Waals surface area (Å²) in [7, 11) is 0. The summed E-state index contributed by atoms with van der Waals surface area (Å²) in [6.45, 7) is 4.07. The number of anilines is 2. The molecule has 0 radical (unpaired) electrons. The van der Waals surface area contributed by atoms with Gasteiger partial charge in [0.15, 0.2) is 0 Å². The molecule has 2 amide bonds. The Labute approximate surface area is 106 Å². The van der Waals surface area contributed by atoms with Crippen LogP contribution in [-0.2, 0) is 4.79 Å². The van der Waals surface area contributed by atoms with E-state index < -0.39 is 11.9 Å². The van der Waals surface area contributed by atoms with Gasteiger partial charge in [0.2, 0.25) is 5.91 Å². The van der Waals surface area contributed by atoms with Gasteiger partial charge in [0.25, 0.3) is 5.91 Å². The first-order valence-corrected chi connectivity index (χ1v) is 5.69. The Morgan fingerprint density at radius 3 is 2.61 bits per heavy atom. The smallest absolute Gasteiger partial charge is 0.250 e. The minimum absolute atomic E-state index is 0.157. The molecule has 6 nitrogen and oxygen atoms in total. The molecular formula is C12H18N4O2. The van der Waals surface area contributed by atoms with Gasteiger partial charge >= 0.3 is 0 Å². The molecule has 98 valence electrons. The van der Waals surface area contributed by atoms with E-state index in [1.165, 1.54) is 6.07 Å². The van der Waals surface area contributed by atoms with Gasteiger partial charge in [0.1, 0.15) is 6.04 Å². The van der Waals surface area contributed by atoms with Crippen LogP contribution in [-0.4, -0.2) is 24.4 Å². The van der Waals surface area contributed by atoms with Crippen molar-refractivity contribution in [2.24, 2.45) is 5.73 Å². The number of carbonyl (C=O) groups excluding carboxylic acids is 2. The van der Waals surface area contributed by atoms with Gasteiger partial charge in [-0.3, -0.25) is 9.59 Å². The van der Waals surface area contributed by atoms with E-state index in [9.17, 15) is 9.59 Å². The normalized spacial score (nSPS) is 11.7. The van der Waals surface area contributed by atoms with Crippen LogP contribution in [0.5, 0.6) is 0 Å². The minimum atomic E-state index is -0.569. The fraction of sp³-hybridized carbons (Fsp3) is 0.333. The van der Waals surface area contributed by atoms with Gasteiger partial charge in [-0.15, -0.1) is 0 Å². The zero-order valence-corrected chi connectivity index (χ0v) is 10.5. The number of primary amides is 1. The number of likely N-dealkylation sites (N-methyl/N-ethyl adjacent to an activating group) is 1. The molecule has 1 aromatic rings. The van der Waals surface area contributed by atoms with Gasteiger partial charge < -0.3 is 22.1 Å². The second-order valence-corrected chi connectivity index (χ2v) is 3.93. The molecule has 1 rings (SSSR count). The lowest BCUT2D eigenvalue weighted by atomic mass is 10.1. The molecule has 6 N–H and O–H groups in total. The molecule has 0 saturated carbocycles. The van der Waals surface area contributed by atoms with Gasteiger partial charge in [-0.05, 0) is 32.0 Å². The number of amides is 2. The summed E-state index contributed by atoms with van der Waals surface area (Å²) >= 11 is 0. The van der Waals surface area contributed by atoms with Crippen molar-refractivity contribution in [1.29, 1.82) is 0 Å². The average molecular weight is 250 g/mol. The summed E-state index contributed by atoms with van der Waals surface area (Å²) in [6.07, 6.45) is 0. The fourth-order valence-corrected chi connectivity index (χ4v) is 1.52. The van der Waals surface area contributed by atoms with Gasteiger partial charge in [-0.2, -0.15) is 0 Å². The maximum Gasteiger partial charge on any atom is 0.250 e. The number of nitrogen functional groups attached to an aromatic ring is 1. The highest BCUT2D eigenvalue weighted by molar-refractivity contribution is 6.00. The summed E-state index contributed by atoms with van der Waals surface area (Å²) in [5.74, 6) is -0.726. The lowest BCUT2D eigenvalue weighted by Gasteiger charge is -2.17. The monoisotopic (exact) mass is 250 g/mol. The third-order valence-electron chi connectivity index (χ3n) is 2.43. The molecule has 0 fully saturated rings. The zero-order chi connectivity index (χ0) is 13.7. The maximum absolute atomic E-state index is 11.6. The van der Waals surface area contributed by atoms with Gasteiger partial charge in [0, 0.05) is 17.9 Å². The van der Waals surface area contributed by atoms with Crippen molar-refractivity contribution in [2.75, 3.05) is 17.6 Å². The van der Waals surface area contributed by atoms with E-state index >= 15 is 0 Å². The molecule has 1 unspecified atom stereocenters. The summed E-state index contributed by atoms with van der Waals surface area (Å²) < 4.78 is 0. The van der Waals surface area contributed by atoms with Crippen molar-refractivity contribution >= 4 is 23.2 Å². The van der Waals surface area contributed by atoms with E-state index in [1.54, 1.807) is 19.1 Å². The number of hydrogen-bond donors (Lipinski definition) is 4. The molecule has 0 aliphatic rings. The van der Waals surface area contributed by atoms with Crippen molar-refractivity contribution in [2.45, 2.75) is 19.9 Å². The number of rotatable bonds is 5. The SMILES string of the molecule is CCNC(=O)C(C)Nc1cc(N)ccc1C(N)=O. The molecule has 6 heteroatoms. The summed E-state index contributed by atoms with van der Waals surface area (Å²) in [5.41, 5.74) is 12.2. The second kappa shape index (κ2) is 5.90. The van der Waals surface area contributed by atoms with Crippen LogP contribution in [0.1, 0.15) is 24.2 Å². The van der Waals surface area contributed by atoms with Crippen LogP contribution in [0.4, 0.5) is 11.4 Å². The topological polar surface area (TPSA) is 110 Å². The number of nitrogens with one attached hydrogen (secondary N) is 2. The highest BCUT2D eigenvalue weighted by Gasteiger charge is 2.15. The molecule has 0 bridgehead atoms. The molecule has 18 heavy (non-hydrogen) atoms. The first kappa shape index (κ1) is 13.8. The van der Waals surface area contributed by atoms with Crippen molar-refractivity contribution in [3.63, 3.8) is 0 Å². The predicted molar refractivity (Wildman–Crippen MR) is 71.1 cm³/mol. The Bertz CT molecular complexity index is 459. The molecule has 0 aromatic heterocycles. The molecule has 0 aliphatic heterocycles. The third-order valence-corrected chi connectivity index (χ3v) is 2.43. The van der Waals surface area contributed by atoms with Crippen LogP contribution in [0.25, 0.3) is 0 Å². The van der Waals surface area contributed by atoms with Crippen LogP contribution in [0, 0.1) is 0 Å². The van der Waals surface area contributed by atoms with Gasteiger partial charge in [-0.1, -0.05) is 0 Å². The van der Waals surface area contributed by atoms with Gasteiger partial charge in [-0.25, -0.2) is 0 Å². The zero-order valence-electron chi connectivity index (χ0n) is 10.5. The first-order chi connectivity index (χ1) is 8.45. The molecule has 0 spiro atoms. The third kappa shape index (κ3) is 3.38. The number of carbonyl (C=O) groups is 2. The first-order valence-electron chi connectivity index (χ1n) is 5.69. The highest BCUT2D eigenvalue weighted by atomic mass is 16.2. The molecule has 1 aromatic carbocycles. The summed E-state index contributed by atoms with van der Waals surface area (Å²) in [6, 6.07) is 4.22. The Morgan fingerprint density at radius 1 is 1.39 bits per heavy atom. The van der Waals surface area contributed by atoms with Crippen LogP contribution >= 0.6 is 0 Å². The van der Waals surface area contributed by atoms with E-state index in [1.807, 2.05) is 6.92 Å². The number of nitrogens with two attached hydrogens (primary N) is 2. The molecule has 0 heterocycles. The summed E-state index contributed by atoms with van der Waals surface area (Å²) in [4.78, 5) is 22.8. The summed E-state index contributed by atoms with van der Waals surface area (Å²) in [5, 5.41) is 5.60. The van der Waals surface area contributed by atoms with Gasteiger partial charge in [0.05, 0.1) is 5.56 Å². The molecule has 0 saturated heterocycles. The van der Waals surface area contributed by atoms with E-state index in [0.29, 0.717) is 23.5 Å². The quantitative estimate of drug-likeness (QED) is 0.563. The lowest BCUT2D eigenvalue weighted by molar-refractivity contribution is -0.121. The van der Waals surface area contributed by atoms with E-state index in [2.05, 4.69) is 10.6 Å². The Kier molecular flexibility index (Phi) is 4.53. The largest absolute Gasteiger partial charge is 0.399 e. The van der Waals surface area contributed by atoms with Crippen LogP contribution in [0.2, 0.25) is 0 Å². The van der Waals surface area contributed by atoms with Crippen molar-refractivity contribution < 1.29 is 9.59 Å².